The predicted octanol–water partition coefficient (Wildman–Crippen LogP) is 1.83. The molecule has 0 unspecified atom stereocenters. The van der Waals surface area contributed by atoms with Crippen LogP contribution in [0.3, 0.4) is 0 Å². The van der Waals surface area contributed by atoms with Gasteiger partial charge in [-0.15, -0.1) is 5.10 Å². The molecular formula is C10H13BrN6. The molecule has 2 N–H and O–H groups in total. The molecule has 0 fully saturated rings. The van der Waals surface area contributed by atoms with Gasteiger partial charge in [0.25, 0.3) is 0 Å². The summed E-state index contributed by atoms with van der Waals surface area (Å²) in [5, 5.41) is 4.07. The molecule has 0 atom stereocenters. The Labute approximate surface area is 107 Å². The molecule has 0 aliphatic rings. The van der Waals surface area contributed by atoms with Gasteiger partial charge in [-0.2, -0.15) is 9.67 Å². The fourth-order valence-corrected chi connectivity index (χ4v) is 1.84. The third-order valence-corrected chi connectivity index (χ3v) is 2.69. The van der Waals surface area contributed by atoms with E-state index in [0.717, 1.165) is 11.5 Å². The van der Waals surface area contributed by atoms with E-state index < -0.39 is 0 Å². The van der Waals surface area contributed by atoms with Gasteiger partial charge in [-0.3, -0.25) is 0 Å². The minimum atomic E-state index is 0.208. The third-order valence-electron chi connectivity index (χ3n) is 2.18. The van der Waals surface area contributed by atoms with Crippen molar-refractivity contribution in [2.45, 2.75) is 26.7 Å². The fraction of sp³-hybridized carbons (Fsp3) is 0.400. The first-order valence-corrected chi connectivity index (χ1v) is 6.00. The van der Waals surface area contributed by atoms with E-state index in [9.17, 15) is 0 Å². The molecule has 2 rings (SSSR count). The highest BCUT2D eigenvalue weighted by Crippen LogP contribution is 2.17. The predicted molar refractivity (Wildman–Crippen MR) is 67.9 cm³/mol. The Balaban J connectivity index is 2.55. The smallest absolute Gasteiger partial charge is 0.240 e. The Hall–Kier alpha value is -1.50. The summed E-state index contributed by atoms with van der Waals surface area (Å²) in [5.41, 5.74) is 6.42. The molecule has 6 nitrogen and oxygen atoms in total. The lowest BCUT2D eigenvalue weighted by Crippen LogP contribution is -2.07. The molecule has 0 spiro atoms. The minimum absolute atomic E-state index is 0.208. The van der Waals surface area contributed by atoms with Gasteiger partial charge in [0.2, 0.25) is 10.7 Å². The first-order chi connectivity index (χ1) is 7.97. The van der Waals surface area contributed by atoms with Crippen molar-refractivity contribution >= 4 is 21.9 Å². The van der Waals surface area contributed by atoms with E-state index in [1.165, 1.54) is 0 Å². The maximum absolute atomic E-state index is 5.54. The van der Waals surface area contributed by atoms with E-state index >= 15 is 0 Å². The summed E-state index contributed by atoms with van der Waals surface area (Å²) in [7, 11) is 0. The molecule has 2 aromatic rings. The van der Waals surface area contributed by atoms with Crippen molar-refractivity contribution in [3.05, 3.63) is 22.3 Å². The van der Waals surface area contributed by atoms with Crippen LogP contribution >= 0.6 is 15.9 Å². The Morgan fingerprint density at radius 1 is 1.29 bits per heavy atom. The number of nitrogen functional groups attached to an aromatic ring is 1. The van der Waals surface area contributed by atoms with E-state index in [-0.39, 0.29) is 11.9 Å². The molecule has 90 valence electrons. The van der Waals surface area contributed by atoms with Gasteiger partial charge in [-0.25, -0.2) is 9.97 Å². The van der Waals surface area contributed by atoms with Crippen molar-refractivity contribution in [1.82, 2.24) is 24.7 Å². The molecule has 0 saturated carbocycles. The van der Waals surface area contributed by atoms with E-state index in [1.54, 1.807) is 4.68 Å². The normalized spacial score (nSPS) is 11.1. The number of aryl methyl sites for hydroxylation is 1. The summed E-state index contributed by atoms with van der Waals surface area (Å²) in [5.74, 6) is 1.91. The van der Waals surface area contributed by atoms with Crippen LogP contribution in [0, 0.1) is 6.92 Å². The lowest BCUT2D eigenvalue weighted by Gasteiger charge is -2.08. The van der Waals surface area contributed by atoms with Gasteiger partial charge in [0.05, 0.1) is 0 Å². The third kappa shape index (κ3) is 2.44. The zero-order valence-corrected chi connectivity index (χ0v) is 11.4. The van der Waals surface area contributed by atoms with Crippen LogP contribution in [-0.2, 0) is 0 Å². The highest BCUT2D eigenvalue weighted by molar-refractivity contribution is 9.10. The maximum Gasteiger partial charge on any atom is 0.240 e. The van der Waals surface area contributed by atoms with Crippen molar-refractivity contribution < 1.29 is 0 Å². The quantitative estimate of drug-likeness (QED) is 0.914. The van der Waals surface area contributed by atoms with Crippen LogP contribution in [0.5, 0.6) is 0 Å². The van der Waals surface area contributed by atoms with Gasteiger partial charge >= 0.3 is 0 Å². The van der Waals surface area contributed by atoms with Gasteiger partial charge in [0, 0.05) is 17.7 Å². The topological polar surface area (TPSA) is 82.5 Å². The molecule has 0 aliphatic carbocycles. The number of hydrogen-bond donors (Lipinski definition) is 1. The van der Waals surface area contributed by atoms with Crippen LogP contribution in [0.4, 0.5) is 5.95 Å². The summed E-state index contributed by atoms with van der Waals surface area (Å²) in [6.07, 6.45) is 0. The van der Waals surface area contributed by atoms with Crippen LogP contribution in [0.25, 0.3) is 5.82 Å². The lowest BCUT2D eigenvalue weighted by atomic mass is 10.2. The second kappa shape index (κ2) is 4.40. The van der Waals surface area contributed by atoms with Crippen molar-refractivity contribution in [2.24, 2.45) is 0 Å². The van der Waals surface area contributed by atoms with E-state index in [4.69, 9.17) is 5.73 Å². The summed E-state index contributed by atoms with van der Waals surface area (Å²) < 4.78 is 2.08. The van der Waals surface area contributed by atoms with Crippen molar-refractivity contribution in [3.8, 4) is 5.82 Å². The highest BCUT2D eigenvalue weighted by atomic mass is 79.9. The molecule has 7 heteroatoms. The standard InChI is InChI=1S/C10H13BrN6/c1-5(2)8-13-6(3)4-7(14-8)17-9(11)15-10(12)16-17/h4-5H,1-3H3,(H2,12,16). The van der Waals surface area contributed by atoms with Gasteiger partial charge < -0.3 is 5.73 Å². The Morgan fingerprint density at radius 3 is 2.53 bits per heavy atom. The minimum Gasteiger partial charge on any atom is -0.366 e. The number of nitrogens with zero attached hydrogens (tertiary/aromatic N) is 5. The Morgan fingerprint density at radius 2 is 2.00 bits per heavy atom. The molecule has 0 radical (unpaired) electrons. The van der Waals surface area contributed by atoms with E-state index in [2.05, 4.69) is 36.0 Å². The summed E-state index contributed by atoms with van der Waals surface area (Å²) >= 11 is 3.29. The number of anilines is 1. The van der Waals surface area contributed by atoms with Gasteiger partial charge in [-0.1, -0.05) is 13.8 Å². The first kappa shape index (κ1) is 12.0. The zero-order chi connectivity index (χ0) is 12.6. The molecule has 2 aromatic heterocycles. The number of aromatic nitrogens is 5. The Bertz CT molecular complexity index is 548. The van der Waals surface area contributed by atoms with Gasteiger partial charge in [0.1, 0.15) is 5.82 Å². The number of halogens is 1. The summed E-state index contributed by atoms with van der Waals surface area (Å²) in [6, 6.07) is 1.84. The molecule has 17 heavy (non-hydrogen) atoms. The van der Waals surface area contributed by atoms with Crippen LogP contribution in [-0.4, -0.2) is 24.7 Å². The second-order valence-corrected chi connectivity index (χ2v) is 4.74. The molecule has 0 bridgehead atoms. The average molecular weight is 297 g/mol. The SMILES string of the molecule is Cc1cc(-n2nc(N)nc2Br)nc(C(C)C)n1. The summed E-state index contributed by atoms with van der Waals surface area (Å²) in [4.78, 5) is 12.8. The molecule has 2 heterocycles. The largest absolute Gasteiger partial charge is 0.366 e. The number of nitrogens with two attached hydrogens (primary N) is 1. The lowest BCUT2D eigenvalue weighted by molar-refractivity contribution is 0.733. The second-order valence-electron chi connectivity index (χ2n) is 4.03. The molecule has 0 aliphatic heterocycles. The number of hydrogen-bond acceptors (Lipinski definition) is 5. The zero-order valence-electron chi connectivity index (χ0n) is 9.85. The van der Waals surface area contributed by atoms with Crippen molar-refractivity contribution in [2.75, 3.05) is 5.73 Å². The van der Waals surface area contributed by atoms with E-state index in [0.29, 0.717) is 10.6 Å². The Kier molecular flexibility index (Phi) is 3.10. The van der Waals surface area contributed by atoms with Crippen molar-refractivity contribution in [3.63, 3.8) is 0 Å². The molecular weight excluding hydrogens is 284 g/mol. The molecule has 0 amide bonds. The monoisotopic (exact) mass is 296 g/mol. The first-order valence-electron chi connectivity index (χ1n) is 5.21. The van der Waals surface area contributed by atoms with Crippen LogP contribution in [0.15, 0.2) is 10.8 Å². The molecule has 0 aromatic carbocycles. The average Bonchev–Trinajstić information content (AvgIpc) is 2.57. The van der Waals surface area contributed by atoms with Crippen molar-refractivity contribution in [1.29, 1.82) is 0 Å². The van der Waals surface area contributed by atoms with Crippen LogP contribution in [0.2, 0.25) is 0 Å². The van der Waals surface area contributed by atoms with Gasteiger partial charge in [-0.05, 0) is 22.9 Å². The fourth-order valence-electron chi connectivity index (χ4n) is 1.39. The van der Waals surface area contributed by atoms with Gasteiger partial charge in [0.15, 0.2) is 5.82 Å². The van der Waals surface area contributed by atoms with E-state index in [1.807, 2.05) is 26.8 Å². The highest BCUT2D eigenvalue weighted by Gasteiger charge is 2.12. The van der Waals surface area contributed by atoms with Crippen LogP contribution < -0.4 is 5.73 Å². The van der Waals surface area contributed by atoms with Crippen LogP contribution in [0.1, 0.15) is 31.3 Å². The number of rotatable bonds is 2. The summed E-state index contributed by atoms with van der Waals surface area (Å²) in [6.45, 7) is 6.01. The molecule has 0 saturated heterocycles. The maximum atomic E-state index is 5.54.